The smallest absolute Gasteiger partial charge is 0.259 e. The molecule has 0 saturated heterocycles. The molecular formula is C22H18N4O. The second kappa shape index (κ2) is 7.66. The zero-order valence-corrected chi connectivity index (χ0v) is 14.6. The second-order valence-electron chi connectivity index (χ2n) is 6.14. The normalized spacial score (nSPS) is 10.5. The molecule has 4 aromatic rings. The summed E-state index contributed by atoms with van der Waals surface area (Å²) < 4.78 is 1.80. The highest BCUT2D eigenvalue weighted by Crippen LogP contribution is 2.23. The highest BCUT2D eigenvalue weighted by Gasteiger charge is 2.18. The molecule has 0 saturated carbocycles. The van der Waals surface area contributed by atoms with Gasteiger partial charge < -0.3 is 5.32 Å². The molecule has 27 heavy (non-hydrogen) atoms. The maximum Gasteiger partial charge on any atom is 0.259 e. The van der Waals surface area contributed by atoms with E-state index in [0.717, 1.165) is 11.1 Å². The number of hydrogen-bond donors (Lipinski definition) is 1. The van der Waals surface area contributed by atoms with Crippen LogP contribution in [0.25, 0.3) is 11.3 Å². The number of anilines is 1. The fourth-order valence-corrected chi connectivity index (χ4v) is 2.88. The van der Waals surface area contributed by atoms with Crippen molar-refractivity contribution in [3.05, 3.63) is 103 Å². The zero-order chi connectivity index (χ0) is 18.5. The number of aromatic nitrogens is 3. The summed E-state index contributed by atoms with van der Waals surface area (Å²) in [6.45, 7) is 0.598. The molecule has 0 atom stereocenters. The fraction of sp³-hybridized carbons (Fsp3) is 0.0455. The molecule has 132 valence electrons. The minimum Gasteiger partial charge on any atom is -0.320 e. The Balaban J connectivity index is 1.69. The maximum absolute atomic E-state index is 12.9. The van der Waals surface area contributed by atoms with Crippen LogP contribution in [0.2, 0.25) is 0 Å². The largest absolute Gasteiger partial charge is 0.320 e. The topological polar surface area (TPSA) is 59.8 Å². The van der Waals surface area contributed by atoms with Gasteiger partial charge in [0.1, 0.15) is 5.69 Å². The van der Waals surface area contributed by atoms with Gasteiger partial charge in [0.05, 0.1) is 24.0 Å². The standard InChI is InChI=1S/C22H18N4O/c27-22(24-19-12-7-13-23-14-19)20-16-26(15-17-8-3-1-4-9-17)25-21(20)18-10-5-2-6-11-18/h1-14,16H,15H2,(H,24,27). The third-order valence-corrected chi connectivity index (χ3v) is 4.16. The molecule has 2 heterocycles. The van der Waals surface area contributed by atoms with Crippen molar-refractivity contribution >= 4 is 11.6 Å². The average Bonchev–Trinajstić information content (AvgIpc) is 3.14. The van der Waals surface area contributed by atoms with Crippen molar-refractivity contribution in [1.82, 2.24) is 14.8 Å². The molecule has 1 N–H and O–H groups in total. The van der Waals surface area contributed by atoms with Gasteiger partial charge in [0.2, 0.25) is 0 Å². The van der Waals surface area contributed by atoms with Crippen LogP contribution in [0, 0.1) is 0 Å². The number of amides is 1. The molecule has 0 bridgehead atoms. The lowest BCUT2D eigenvalue weighted by Gasteiger charge is -2.04. The summed E-state index contributed by atoms with van der Waals surface area (Å²) in [5.41, 5.74) is 3.87. The molecule has 0 aliphatic rings. The first-order chi connectivity index (χ1) is 13.3. The minimum atomic E-state index is -0.207. The van der Waals surface area contributed by atoms with Gasteiger partial charge in [-0.1, -0.05) is 60.7 Å². The van der Waals surface area contributed by atoms with E-state index in [-0.39, 0.29) is 5.91 Å². The Morgan fingerprint density at radius 1 is 0.926 bits per heavy atom. The van der Waals surface area contributed by atoms with E-state index in [1.807, 2.05) is 66.7 Å². The summed E-state index contributed by atoms with van der Waals surface area (Å²) in [6.07, 6.45) is 5.08. The van der Waals surface area contributed by atoms with Crippen molar-refractivity contribution in [3.8, 4) is 11.3 Å². The molecule has 2 aromatic carbocycles. The highest BCUT2D eigenvalue weighted by atomic mass is 16.1. The summed E-state index contributed by atoms with van der Waals surface area (Å²) in [5.74, 6) is -0.207. The predicted octanol–water partition coefficient (Wildman–Crippen LogP) is 4.25. The third kappa shape index (κ3) is 3.93. The Hall–Kier alpha value is -3.73. The van der Waals surface area contributed by atoms with Crippen LogP contribution in [0.4, 0.5) is 5.69 Å². The van der Waals surface area contributed by atoms with Gasteiger partial charge in [-0.05, 0) is 17.7 Å². The predicted molar refractivity (Wildman–Crippen MR) is 105 cm³/mol. The number of carbonyl (C=O) groups is 1. The lowest BCUT2D eigenvalue weighted by Crippen LogP contribution is -2.12. The molecule has 0 unspecified atom stereocenters. The Kier molecular flexibility index (Phi) is 4.74. The second-order valence-corrected chi connectivity index (χ2v) is 6.14. The maximum atomic E-state index is 12.9. The van der Waals surface area contributed by atoms with Gasteiger partial charge in [-0.25, -0.2) is 0 Å². The Morgan fingerprint density at radius 3 is 2.37 bits per heavy atom. The van der Waals surface area contributed by atoms with Crippen LogP contribution in [0.15, 0.2) is 91.4 Å². The molecule has 4 rings (SSSR count). The van der Waals surface area contributed by atoms with E-state index in [0.29, 0.717) is 23.5 Å². The summed E-state index contributed by atoms with van der Waals surface area (Å²) in [5, 5.41) is 7.57. The first-order valence-electron chi connectivity index (χ1n) is 8.68. The SMILES string of the molecule is O=C(Nc1cccnc1)c1cn(Cc2ccccc2)nc1-c1ccccc1. The van der Waals surface area contributed by atoms with Gasteiger partial charge >= 0.3 is 0 Å². The van der Waals surface area contributed by atoms with Crippen molar-refractivity contribution in [2.75, 3.05) is 5.32 Å². The summed E-state index contributed by atoms with van der Waals surface area (Å²) >= 11 is 0. The fourth-order valence-electron chi connectivity index (χ4n) is 2.88. The number of carbonyl (C=O) groups excluding carboxylic acids is 1. The van der Waals surface area contributed by atoms with Crippen molar-refractivity contribution in [2.24, 2.45) is 0 Å². The van der Waals surface area contributed by atoms with Crippen molar-refractivity contribution in [2.45, 2.75) is 6.54 Å². The van der Waals surface area contributed by atoms with E-state index in [9.17, 15) is 4.79 Å². The molecule has 0 spiro atoms. The monoisotopic (exact) mass is 354 g/mol. The number of hydrogen-bond acceptors (Lipinski definition) is 3. The molecule has 2 aromatic heterocycles. The summed E-state index contributed by atoms with van der Waals surface area (Å²) in [7, 11) is 0. The zero-order valence-electron chi connectivity index (χ0n) is 14.6. The van der Waals surface area contributed by atoms with Gasteiger partial charge in [-0.2, -0.15) is 5.10 Å². The minimum absolute atomic E-state index is 0.207. The van der Waals surface area contributed by atoms with E-state index in [1.54, 1.807) is 29.3 Å². The van der Waals surface area contributed by atoms with Crippen LogP contribution in [0.3, 0.4) is 0 Å². The molecule has 1 amide bonds. The molecule has 5 heteroatoms. The molecule has 0 aliphatic heterocycles. The molecule has 0 radical (unpaired) electrons. The number of nitrogens with one attached hydrogen (secondary N) is 1. The van der Waals surface area contributed by atoms with Crippen LogP contribution in [0.1, 0.15) is 15.9 Å². The highest BCUT2D eigenvalue weighted by molar-refractivity contribution is 6.07. The molecular weight excluding hydrogens is 336 g/mol. The Morgan fingerprint density at radius 2 is 1.67 bits per heavy atom. The molecule has 0 aliphatic carbocycles. The van der Waals surface area contributed by atoms with Crippen molar-refractivity contribution < 1.29 is 4.79 Å². The quantitative estimate of drug-likeness (QED) is 0.583. The lowest BCUT2D eigenvalue weighted by molar-refractivity contribution is 0.102. The van der Waals surface area contributed by atoms with Crippen LogP contribution in [0.5, 0.6) is 0 Å². The van der Waals surface area contributed by atoms with E-state index < -0.39 is 0 Å². The molecule has 0 fully saturated rings. The van der Waals surface area contributed by atoms with Crippen molar-refractivity contribution in [1.29, 1.82) is 0 Å². The van der Waals surface area contributed by atoms with Crippen molar-refractivity contribution in [3.63, 3.8) is 0 Å². The van der Waals surface area contributed by atoms with E-state index in [2.05, 4.69) is 15.4 Å². The van der Waals surface area contributed by atoms with Gasteiger partial charge in [-0.15, -0.1) is 0 Å². The number of nitrogens with zero attached hydrogens (tertiary/aromatic N) is 3. The van der Waals surface area contributed by atoms with E-state index in [1.165, 1.54) is 0 Å². The number of rotatable bonds is 5. The molecule has 5 nitrogen and oxygen atoms in total. The summed E-state index contributed by atoms with van der Waals surface area (Å²) in [4.78, 5) is 16.9. The number of benzene rings is 2. The van der Waals surface area contributed by atoms with Crippen LogP contribution in [-0.2, 0) is 6.54 Å². The average molecular weight is 354 g/mol. The van der Waals surface area contributed by atoms with Crippen LogP contribution < -0.4 is 5.32 Å². The van der Waals surface area contributed by atoms with E-state index >= 15 is 0 Å². The van der Waals surface area contributed by atoms with Gasteiger partial charge in [-0.3, -0.25) is 14.5 Å². The first kappa shape index (κ1) is 16.7. The Labute approximate surface area is 157 Å². The lowest BCUT2D eigenvalue weighted by atomic mass is 10.1. The van der Waals surface area contributed by atoms with Gasteiger partial charge in [0, 0.05) is 18.0 Å². The van der Waals surface area contributed by atoms with E-state index in [4.69, 9.17) is 0 Å². The van der Waals surface area contributed by atoms with Crippen LogP contribution >= 0.6 is 0 Å². The van der Waals surface area contributed by atoms with Crippen LogP contribution in [-0.4, -0.2) is 20.7 Å². The number of pyridine rings is 1. The first-order valence-corrected chi connectivity index (χ1v) is 8.68. The Bertz CT molecular complexity index is 1030. The third-order valence-electron chi connectivity index (χ3n) is 4.16. The summed E-state index contributed by atoms with van der Waals surface area (Å²) in [6, 6.07) is 23.4. The van der Waals surface area contributed by atoms with Gasteiger partial charge in [0.15, 0.2) is 0 Å². The van der Waals surface area contributed by atoms with Gasteiger partial charge in [0.25, 0.3) is 5.91 Å².